The Morgan fingerprint density at radius 1 is 1.26 bits per heavy atom. The van der Waals surface area contributed by atoms with E-state index in [2.05, 4.69) is 27.5 Å². The van der Waals surface area contributed by atoms with Crippen LogP contribution < -0.4 is 10.2 Å². The molecular weight excluding hydrogens is 525 g/mol. The van der Waals surface area contributed by atoms with Crippen LogP contribution in [-0.2, 0) is 18.4 Å². The Labute approximate surface area is 203 Å². The van der Waals surface area contributed by atoms with Gasteiger partial charge in [0.15, 0.2) is 5.96 Å². The van der Waals surface area contributed by atoms with Gasteiger partial charge in [0.05, 0.1) is 24.1 Å². The van der Waals surface area contributed by atoms with E-state index in [-0.39, 0.29) is 36.4 Å². The van der Waals surface area contributed by atoms with Gasteiger partial charge in [0.25, 0.3) is 0 Å². The van der Waals surface area contributed by atoms with Gasteiger partial charge in [0, 0.05) is 43.8 Å². The number of rotatable bonds is 4. The van der Waals surface area contributed by atoms with E-state index in [9.17, 15) is 4.79 Å². The predicted octanol–water partition coefficient (Wildman–Crippen LogP) is 2.89. The van der Waals surface area contributed by atoms with Crippen LogP contribution in [0.4, 0.5) is 5.69 Å². The van der Waals surface area contributed by atoms with Crippen molar-refractivity contribution in [2.75, 3.05) is 31.6 Å². The molecule has 10 heteroatoms. The van der Waals surface area contributed by atoms with Crippen LogP contribution in [0.5, 0.6) is 0 Å². The van der Waals surface area contributed by atoms with Gasteiger partial charge in [-0.25, -0.2) is 4.98 Å². The van der Waals surface area contributed by atoms with Crippen molar-refractivity contribution in [3.63, 3.8) is 0 Å². The fourth-order valence-electron chi connectivity index (χ4n) is 3.46. The van der Waals surface area contributed by atoms with Crippen molar-refractivity contribution in [1.29, 1.82) is 0 Å². The quantitative estimate of drug-likeness (QED) is 0.307. The summed E-state index contributed by atoms with van der Waals surface area (Å²) in [6.45, 7) is 4.24. The second kappa shape index (κ2) is 10.2. The second-order valence-electron chi connectivity index (χ2n) is 7.13. The van der Waals surface area contributed by atoms with Gasteiger partial charge < -0.3 is 15.1 Å². The van der Waals surface area contributed by atoms with Crippen molar-refractivity contribution in [1.82, 2.24) is 25.0 Å². The van der Waals surface area contributed by atoms with E-state index in [0.29, 0.717) is 19.6 Å². The zero-order valence-corrected chi connectivity index (χ0v) is 20.9. The number of piperazine rings is 1. The van der Waals surface area contributed by atoms with Crippen molar-refractivity contribution in [3.8, 4) is 10.6 Å². The number of hydrogen-bond donors (Lipinski definition) is 1. The smallest absolute Gasteiger partial charge is 0.246 e. The number of aliphatic imine (C=N–C) groups is 1. The molecule has 31 heavy (non-hydrogen) atoms. The molecule has 0 saturated carbocycles. The summed E-state index contributed by atoms with van der Waals surface area (Å²) in [7, 11) is 3.59. The van der Waals surface area contributed by atoms with Gasteiger partial charge in [-0.2, -0.15) is 5.10 Å². The van der Waals surface area contributed by atoms with E-state index in [4.69, 9.17) is 4.98 Å². The number of aryl methyl sites for hydroxylation is 2. The number of hydrogen-bond acceptors (Lipinski definition) is 5. The third-order valence-electron chi connectivity index (χ3n) is 5.06. The number of thiazole rings is 1. The van der Waals surface area contributed by atoms with Gasteiger partial charge in [0.2, 0.25) is 5.91 Å². The highest BCUT2D eigenvalue weighted by Crippen LogP contribution is 2.27. The molecule has 1 fully saturated rings. The predicted molar refractivity (Wildman–Crippen MR) is 135 cm³/mol. The van der Waals surface area contributed by atoms with Gasteiger partial charge in [-0.1, -0.05) is 30.3 Å². The number of carbonyl (C=O) groups excluding carboxylic acids is 1. The molecule has 4 rings (SSSR count). The Balaban J connectivity index is 0.00000272. The van der Waals surface area contributed by atoms with Crippen LogP contribution in [0.1, 0.15) is 10.6 Å². The third kappa shape index (κ3) is 5.24. The molecule has 1 amide bonds. The summed E-state index contributed by atoms with van der Waals surface area (Å²) in [5.41, 5.74) is 2.97. The average molecular weight is 551 g/mol. The lowest BCUT2D eigenvalue weighted by molar-refractivity contribution is -0.120. The molecule has 1 saturated heterocycles. The Morgan fingerprint density at radius 2 is 2.03 bits per heavy atom. The normalized spacial score (nSPS) is 14.5. The molecule has 1 aromatic carbocycles. The third-order valence-corrected chi connectivity index (χ3v) is 6.26. The van der Waals surface area contributed by atoms with Gasteiger partial charge in [-0.05, 0) is 6.92 Å². The first-order chi connectivity index (χ1) is 14.5. The number of nitrogens with zero attached hydrogens (tertiary/aromatic N) is 6. The first-order valence-corrected chi connectivity index (χ1v) is 10.6. The Hall–Kier alpha value is -2.47. The van der Waals surface area contributed by atoms with Crippen LogP contribution in [0.25, 0.3) is 10.6 Å². The second-order valence-corrected chi connectivity index (χ2v) is 8.22. The van der Waals surface area contributed by atoms with E-state index in [0.717, 1.165) is 32.8 Å². The maximum absolute atomic E-state index is 12.7. The highest BCUT2D eigenvalue weighted by Gasteiger charge is 2.27. The minimum absolute atomic E-state index is 0. The monoisotopic (exact) mass is 551 g/mol. The van der Waals surface area contributed by atoms with Crippen molar-refractivity contribution in [2.24, 2.45) is 12.0 Å². The van der Waals surface area contributed by atoms with Gasteiger partial charge in [-0.3, -0.25) is 14.5 Å². The van der Waals surface area contributed by atoms with Crippen molar-refractivity contribution >= 4 is 52.9 Å². The molecule has 1 aliphatic rings. The Kier molecular flexibility index (Phi) is 7.65. The number of guanidine groups is 1. The van der Waals surface area contributed by atoms with Gasteiger partial charge in [0.1, 0.15) is 11.6 Å². The lowest BCUT2D eigenvalue weighted by Crippen LogP contribution is -2.55. The number of halogens is 1. The molecule has 0 bridgehead atoms. The largest absolute Gasteiger partial charge is 0.351 e. The first kappa shape index (κ1) is 23.2. The van der Waals surface area contributed by atoms with Crippen molar-refractivity contribution in [3.05, 3.63) is 53.3 Å². The maximum atomic E-state index is 12.7. The topological polar surface area (TPSA) is 78.7 Å². The molecule has 164 valence electrons. The molecule has 2 aromatic heterocycles. The van der Waals surface area contributed by atoms with Crippen molar-refractivity contribution in [2.45, 2.75) is 13.5 Å². The lowest BCUT2D eigenvalue weighted by atomic mass is 10.2. The summed E-state index contributed by atoms with van der Waals surface area (Å²) in [6, 6.07) is 10.2. The molecular formula is C21H26IN7OS. The van der Waals surface area contributed by atoms with E-state index in [1.807, 2.05) is 43.3 Å². The molecule has 8 nitrogen and oxygen atoms in total. The maximum Gasteiger partial charge on any atom is 0.246 e. The molecule has 0 atom stereocenters. The van der Waals surface area contributed by atoms with Crippen LogP contribution >= 0.6 is 35.3 Å². The number of amides is 1. The minimum Gasteiger partial charge on any atom is -0.351 e. The molecule has 1 N–H and O–H groups in total. The average Bonchev–Trinajstić information content (AvgIpc) is 3.35. The highest BCUT2D eigenvalue weighted by atomic mass is 127. The summed E-state index contributed by atoms with van der Waals surface area (Å²) in [6.07, 6.45) is 3.58. The van der Waals surface area contributed by atoms with Crippen LogP contribution in [-0.4, -0.2) is 58.2 Å². The Morgan fingerprint density at radius 3 is 2.68 bits per heavy atom. The fraction of sp³-hybridized carbons (Fsp3) is 0.333. The summed E-state index contributed by atoms with van der Waals surface area (Å²) in [5.74, 6) is 0.765. The summed E-state index contributed by atoms with van der Waals surface area (Å²) < 4.78 is 1.70. The standard InChI is InChI=1S/C21H25N7OS.HI/c1-15-18(30-20(25-15)16-7-5-4-6-8-16)12-23-21(22-2)27-9-10-28(19(29)14-27)17-11-24-26(3)13-17;/h4-8,11,13H,9-10,12,14H2,1-3H3,(H,22,23);1H. The summed E-state index contributed by atoms with van der Waals surface area (Å²) in [4.78, 5) is 26.7. The van der Waals surface area contributed by atoms with Crippen molar-refractivity contribution < 1.29 is 4.79 Å². The van der Waals surface area contributed by atoms with Crippen LogP contribution in [0.3, 0.4) is 0 Å². The minimum atomic E-state index is 0. The molecule has 0 aliphatic carbocycles. The SMILES string of the molecule is CN=C(NCc1sc(-c2ccccc2)nc1C)N1CCN(c2cnn(C)c2)C(=O)C1.I. The molecule has 3 aromatic rings. The first-order valence-electron chi connectivity index (χ1n) is 9.81. The molecule has 0 radical (unpaired) electrons. The number of anilines is 1. The number of aromatic nitrogens is 3. The van der Waals surface area contributed by atoms with Crippen LogP contribution in [0.15, 0.2) is 47.7 Å². The molecule has 0 spiro atoms. The molecule has 3 heterocycles. The molecule has 0 unspecified atom stereocenters. The van der Waals surface area contributed by atoms with E-state index in [1.54, 1.807) is 34.2 Å². The number of benzene rings is 1. The number of carbonyl (C=O) groups is 1. The Bertz CT molecular complexity index is 1060. The van der Waals surface area contributed by atoms with Gasteiger partial charge >= 0.3 is 0 Å². The van der Waals surface area contributed by atoms with Crippen LogP contribution in [0, 0.1) is 6.92 Å². The van der Waals surface area contributed by atoms with Gasteiger partial charge in [-0.15, -0.1) is 35.3 Å². The highest BCUT2D eigenvalue weighted by molar-refractivity contribution is 14.0. The number of nitrogens with one attached hydrogen (secondary N) is 1. The van der Waals surface area contributed by atoms with E-state index < -0.39 is 0 Å². The summed E-state index contributed by atoms with van der Waals surface area (Å²) >= 11 is 1.68. The lowest BCUT2D eigenvalue weighted by Gasteiger charge is -2.35. The van der Waals surface area contributed by atoms with E-state index >= 15 is 0 Å². The molecule has 1 aliphatic heterocycles. The zero-order valence-electron chi connectivity index (χ0n) is 17.8. The van der Waals surface area contributed by atoms with Crippen LogP contribution in [0.2, 0.25) is 0 Å². The zero-order chi connectivity index (χ0) is 21.1. The fourth-order valence-corrected chi connectivity index (χ4v) is 4.47. The summed E-state index contributed by atoms with van der Waals surface area (Å²) in [5, 5.41) is 8.57. The van der Waals surface area contributed by atoms with E-state index in [1.165, 1.54) is 0 Å².